The normalized spacial score (nSPS) is 9.93. The minimum absolute atomic E-state index is 0.308. The molecule has 1 heterocycles. The third kappa shape index (κ3) is 2.34. The molecule has 0 aliphatic carbocycles. The second kappa shape index (κ2) is 4.59. The average molecular weight is 306 g/mol. The molecule has 0 aromatic carbocycles. The van der Waals surface area contributed by atoms with Crippen molar-refractivity contribution in [2.24, 2.45) is 0 Å². The largest absolute Gasteiger partial charge is 0.461 e. The SMILES string of the molecule is CCOC(=O)c1cc(C)c(N)c(I)n1. The highest BCUT2D eigenvalue weighted by Crippen LogP contribution is 2.18. The number of aromatic nitrogens is 1. The molecule has 76 valence electrons. The molecule has 0 fully saturated rings. The standard InChI is InChI=1S/C9H11IN2O2/c1-3-14-9(13)6-4-5(2)7(11)8(10)12-6/h4H,3,11H2,1-2H3. The minimum atomic E-state index is -0.409. The van der Waals surface area contributed by atoms with Gasteiger partial charge in [-0.1, -0.05) is 0 Å². The van der Waals surface area contributed by atoms with Gasteiger partial charge in [0.1, 0.15) is 9.39 Å². The zero-order chi connectivity index (χ0) is 10.7. The lowest BCUT2D eigenvalue weighted by atomic mass is 10.2. The molecule has 0 aliphatic rings. The maximum atomic E-state index is 11.3. The number of carbonyl (C=O) groups is 1. The number of esters is 1. The van der Waals surface area contributed by atoms with E-state index in [-0.39, 0.29) is 0 Å². The van der Waals surface area contributed by atoms with Crippen LogP contribution in [0.3, 0.4) is 0 Å². The Morgan fingerprint density at radius 1 is 1.71 bits per heavy atom. The van der Waals surface area contributed by atoms with Gasteiger partial charge in [0.25, 0.3) is 0 Å². The second-order valence-corrected chi connectivity index (χ2v) is 3.77. The number of halogens is 1. The van der Waals surface area contributed by atoms with Gasteiger partial charge in [-0.25, -0.2) is 9.78 Å². The Morgan fingerprint density at radius 3 is 2.86 bits per heavy atom. The quantitative estimate of drug-likeness (QED) is 0.514. The predicted octanol–water partition coefficient (Wildman–Crippen LogP) is 1.75. The molecule has 0 unspecified atom stereocenters. The monoisotopic (exact) mass is 306 g/mol. The van der Waals surface area contributed by atoms with Crippen LogP contribution in [0.1, 0.15) is 23.0 Å². The highest BCUT2D eigenvalue weighted by Gasteiger charge is 2.11. The molecule has 0 saturated heterocycles. The van der Waals surface area contributed by atoms with E-state index in [0.29, 0.717) is 21.7 Å². The Bertz CT molecular complexity index is 343. The zero-order valence-corrected chi connectivity index (χ0v) is 10.2. The molecule has 0 spiro atoms. The molecular formula is C9H11IN2O2. The molecule has 0 bridgehead atoms. The number of ether oxygens (including phenoxy) is 1. The highest BCUT2D eigenvalue weighted by molar-refractivity contribution is 14.1. The molecular weight excluding hydrogens is 295 g/mol. The van der Waals surface area contributed by atoms with Crippen LogP contribution in [0.2, 0.25) is 0 Å². The lowest BCUT2D eigenvalue weighted by molar-refractivity contribution is 0.0519. The Hall–Kier alpha value is -0.850. The molecule has 1 aromatic heterocycles. The maximum Gasteiger partial charge on any atom is 0.356 e. The van der Waals surface area contributed by atoms with E-state index in [4.69, 9.17) is 10.5 Å². The highest BCUT2D eigenvalue weighted by atomic mass is 127. The molecule has 2 N–H and O–H groups in total. The van der Waals surface area contributed by atoms with E-state index in [1.54, 1.807) is 13.0 Å². The number of nitrogens with zero attached hydrogens (tertiary/aromatic N) is 1. The van der Waals surface area contributed by atoms with Crippen molar-refractivity contribution >= 4 is 34.2 Å². The number of pyridine rings is 1. The molecule has 14 heavy (non-hydrogen) atoms. The predicted molar refractivity (Wildman–Crippen MR) is 62.1 cm³/mol. The molecule has 1 rings (SSSR count). The number of rotatable bonds is 2. The topological polar surface area (TPSA) is 65.2 Å². The van der Waals surface area contributed by atoms with Gasteiger partial charge in [-0.2, -0.15) is 0 Å². The van der Waals surface area contributed by atoms with Gasteiger partial charge < -0.3 is 10.5 Å². The smallest absolute Gasteiger partial charge is 0.356 e. The van der Waals surface area contributed by atoms with Crippen molar-refractivity contribution in [1.82, 2.24) is 4.98 Å². The van der Waals surface area contributed by atoms with Crippen LogP contribution in [0.4, 0.5) is 5.69 Å². The molecule has 0 atom stereocenters. The van der Waals surface area contributed by atoms with Crippen molar-refractivity contribution in [2.75, 3.05) is 12.3 Å². The van der Waals surface area contributed by atoms with Gasteiger partial charge in [0.2, 0.25) is 0 Å². The Kier molecular flexibility index (Phi) is 3.68. The van der Waals surface area contributed by atoms with Crippen LogP contribution in [0.15, 0.2) is 6.07 Å². The van der Waals surface area contributed by atoms with E-state index in [1.807, 2.05) is 29.5 Å². The molecule has 0 saturated carbocycles. The number of anilines is 1. The first-order valence-corrected chi connectivity index (χ1v) is 5.24. The summed E-state index contributed by atoms with van der Waals surface area (Å²) in [6.07, 6.45) is 0. The van der Waals surface area contributed by atoms with E-state index < -0.39 is 5.97 Å². The lowest BCUT2D eigenvalue weighted by Gasteiger charge is -2.05. The fraction of sp³-hybridized carbons (Fsp3) is 0.333. The van der Waals surface area contributed by atoms with Crippen molar-refractivity contribution in [3.63, 3.8) is 0 Å². The Labute approximate surface area is 96.0 Å². The van der Waals surface area contributed by atoms with E-state index in [9.17, 15) is 4.79 Å². The first-order chi connectivity index (χ1) is 6.56. The van der Waals surface area contributed by atoms with Crippen LogP contribution in [0.25, 0.3) is 0 Å². The fourth-order valence-corrected chi connectivity index (χ4v) is 1.64. The van der Waals surface area contributed by atoms with Crippen LogP contribution >= 0.6 is 22.6 Å². The third-order valence-corrected chi connectivity index (χ3v) is 2.53. The van der Waals surface area contributed by atoms with Gasteiger partial charge in [0.05, 0.1) is 12.3 Å². The van der Waals surface area contributed by atoms with Crippen molar-refractivity contribution in [3.8, 4) is 0 Å². The number of nitrogen functional groups attached to an aromatic ring is 1. The number of nitrogens with two attached hydrogens (primary N) is 1. The van der Waals surface area contributed by atoms with Crippen molar-refractivity contribution < 1.29 is 9.53 Å². The number of aryl methyl sites for hydroxylation is 1. The summed E-state index contributed by atoms with van der Waals surface area (Å²) < 4.78 is 5.46. The summed E-state index contributed by atoms with van der Waals surface area (Å²) in [7, 11) is 0. The van der Waals surface area contributed by atoms with Gasteiger partial charge in [0.15, 0.2) is 0 Å². The maximum absolute atomic E-state index is 11.3. The first kappa shape index (κ1) is 11.2. The van der Waals surface area contributed by atoms with Gasteiger partial charge >= 0.3 is 5.97 Å². The number of carbonyl (C=O) groups excluding carboxylic acids is 1. The molecule has 0 radical (unpaired) electrons. The van der Waals surface area contributed by atoms with Crippen LogP contribution in [0.5, 0.6) is 0 Å². The van der Waals surface area contributed by atoms with E-state index >= 15 is 0 Å². The van der Waals surface area contributed by atoms with Crippen molar-refractivity contribution in [2.45, 2.75) is 13.8 Å². The summed E-state index contributed by atoms with van der Waals surface area (Å²) in [6, 6.07) is 1.63. The lowest BCUT2D eigenvalue weighted by Crippen LogP contribution is -2.10. The summed E-state index contributed by atoms with van der Waals surface area (Å²) in [6.45, 7) is 3.94. The van der Waals surface area contributed by atoms with Crippen LogP contribution < -0.4 is 5.73 Å². The first-order valence-electron chi connectivity index (χ1n) is 4.16. The van der Waals surface area contributed by atoms with Crippen LogP contribution in [0, 0.1) is 10.6 Å². The summed E-state index contributed by atoms with van der Waals surface area (Å²) in [5, 5.41) is 0. The van der Waals surface area contributed by atoms with E-state index in [0.717, 1.165) is 5.56 Å². The molecule has 0 amide bonds. The Morgan fingerprint density at radius 2 is 2.36 bits per heavy atom. The van der Waals surface area contributed by atoms with Gasteiger partial charge in [-0.05, 0) is 48.1 Å². The van der Waals surface area contributed by atoms with Crippen LogP contribution in [-0.2, 0) is 4.74 Å². The van der Waals surface area contributed by atoms with Gasteiger partial charge in [-0.15, -0.1) is 0 Å². The zero-order valence-electron chi connectivity index (χ0n) is 8.00. The molecule has 0 aliphatic heterocycles. The van der Waals surface area contributed by atoms with E-state index in [2.05, 4.69) is 4.98 Å². The van der Waals surface area contributed by atoms with Gasteiger partial charge in [-0.3, -0.25) is 0 Å². The third-order valence-electron chi connectivity index (χ3n) is 1.70. The van der Waals surface area contributed by atoms with Crippen LogP contribution in [-0.4, -0.2) is 17.6 Å². The molecule has 5 heteroatoms. The summed E-state index contributed by atoms with van der Waals surface area (Å²) in [5.74, 6) is -0.409. The molecule has 4 nitrogen and oxygen atoms in total. The van der Waals surface area contributed by atoms with Crippen molar-refractivity contribution in [3.05, 3.63) is 21.0 Å². The van der Waals surface area contributed by atoms with Gasteiger partial charge in [0, 0.05) is 0 Å². The number of hydrogen-bond donors (Lipinski definition) is 1. The summed E-state index contributed by atoms with van der Waals surface area (Å²) in [4.78, 5) is 15.4. The fourth-order valence-electron chi connectivity index (χ4n) is 0.953. The van der Waals surface area contributed by atoms with E-state index in [1.165, 1.54) is 0 Å². The minimum Gasteiger partial charge on any atom is -0.461 e. The van der Waals surface area contributed by atoms with Crippen molar-refractivity contribution in [1.29, 1.82) is 0 Å². The molecule has 1 aromatic rings. The second-order valence-electron chi connectivity index (χ2n) is 2.75. The summed E-state index contributed by atoms with van der Waals surface area (Å²) >= 11 is 1.99. The average Bonchev–Trinajstić information content (AvgIpc) is 2.13. The number of hydrogen-bond acceptors (Lipinski definition) is 4. The summed E-state index contributed by atoms with van der Waals surface area (Å²) in [5.41, 5.74) is 7.46. The Balaban J connectivity index is 3.06.